The van der Waals surface area contributed by atoms with Crippen molar-refractivity contribution in [2.75, 3.05) is 49.2 Å². The third-order valence-electron chi connectivity index (χ3n) is 4.82. The highest BCUT2D eigenvalue weighted by Gasteiger charge is 2.23. The average Bonchev–Trinajstić information content (AvgIpc) is 3.17. The van der Waals surface area contributed by atoms with Crippen molar-refractivity contribution < 1.29 is 4.74 Å². The first-order chi connectivity index (χ1) is 11.8. The maximum Gasteiger partial charge on any atom is 0.132 e. The van der Waals surface area contributed by atoms with Crippen molar-refractivity contribution in [3.05, 3.63) is 42.1 Å². The van der Waals surface area contributed by atoms with Gasteiger partial charge in [-0.3, -0.25) is 4.98 Å². The molecule has 2 aromatic heterocycles. The van der Waals surface area contributed by atoms with Gasteiger partial charge in [-0.2, -0.15) is 0 Å². The third kappa shape index (κ3) is 3.19. The van der Waals surface area contributed by atoms with E-state index in [2.05, 4.69) is 43.0 Å². The number of rotatable bonds is 3. The molecule has 1 unspecified atom stereocenters. The van der Waals surface area contributed by atoms with Crippen molar-refractivity contribution in [2.24, 2.45) is 0 Å². The summed E-state index contributed by atoms with van der Waals surface area (Å²) in [5, 5.41) is 0. The molecule has 2 fully saturated rings. The van der Waals surface area contributed by atoms with Crippen LogP contribution in [0.25, 0.3) is 0 Å². The molecular formula is C18H23N5O. The molecule has 126 valence electrons. The van der Waals surface area contributed by atoms with Gasteiger partial charge < -0.3 is 14.5 Å². The minimum atomic E-state index is 0.420. The van der Waals surface area contributed by atoms with E-state index in [1.54, 1.807) is 0 Å². The molecule has 0 amide bonds. The zero-order chi connectivity index (χ0) is 16.4. The van der Waals surface area contributed by atoms with Gasteiger partial charge in [0.2, 0.25) is 0 Å². The van der Waals surface area contributed by atoms with E-state index in [9.17, 15) is 0 Å². The van der Waals surface area contributed by atoms with Crippen LogP contribution in [0.5, 0.6) is 0 Å². The lowest BCUT2D eigenvalue weighted by molar-refractivity contribution is 0.193. The number of hydrogen-bond acceptors (Lipinski definition) is 6. The number of aryl methyl sites for hydroxylation is 1. The average molecular weight is 325 g/mol. The van der Waals surface area contributed by atoms with E-state index < -0.39 is 0 Å². The summed E-state index contributed by atoms with van der Waals surface area (Å²) in [4.78, 5) is 18.2. The Bertz CT molecular complexity index is 679. The molecule has 0 aromatic carbocycles. The normalized spacial score (nSPS) is 21.3. The van der Waals surface area contributed by atoms with Gasteiger partial charge in [0.25, 0.3) is 0 Å². The first kappa shape index (κ1) is 15.3. The molecule has 1 atom stereocenters. The Labute approximate surface area is 142 Å². The van der Waals surface area contributed by atoms with Gasteiger partial charge in [0, 0.05) is 62.9 Å². The van der Waals surface area contributed by atoms with E-state index in [-0.39, 0.29) is 0 Å². The number of nitrogens with zero attached hydrogens (tertiary/aromatic N) is 5. The van der Waals surface area contributed by atoms with Crippen LogP contribution in [0.2, 0.25) is 0 Å². The molecule has 0 bridgehead atoms. The number of aromatic nitrogens is 3. The quantitative estimate of drug-likeness (QED) is 0.860. The van der Waals surface area contributed by atoms with Gasteiger partial charge in [-0.1, -0.05) is 0 Å². The van der Waals surface area contributed by atoms with E-state index in [0.717, 1.165) is 63.1 Å². The van der Waals surface area contributed by atoms with Gasteiger partial charge in [-0.05, 0) is 25.5 Å². The lowest BCUT2D eigenvalue weighted by Crippen LogP contribution is -2.47. The van der Waals surface area contributed by atoms with Crippen LogP contribution in [0.15, 0.2) is 30.6 Å². The number of ether oxygens (including phenoxy) is 1. The Hall–Kier alpha value is -2.21. The maximum atomic E-state index is 5.51. The first-order valence-electron chi connectivity index (χ1n) is 8.63. The summed E-state index contributed by atoms with van der Waals surface area (Å²) in [6.45, 7) is 7.54. The Balaban J connectivity index is 1.47. The number of piperazine rings is 1. The zero-order valence-electron chi connectivity index (χ0n) is 14.1. The van der Waals surface area contributed by atoms with E-state index in [1.807, 2.05) is 19.3 Å². The lowest BCUT2D eigenvalue weighted by atomic mass is 10.0. The van der Waals surface area contributed by atoms with Crippen molar-refractivity contribution in [3.63, 3.8) is 0 Å². The summed E-state index contributed by atoms with van der Waals surface area (Å²) in [6.07, 6.45) is 4.77. The maximum absolute atomic E-state index is 5.51. The van der Waals surface area contributed by atoms with E-state index in [1.165, 1.54) is 5.69 Å². The van der Waals surface area contributed by atoms with Gasteiger partial charge in [-0.25, -0.2) is 9.97 Å². The first-order valence-corrected chi connectivity index (χ1v) is 8.63. The van der Waals surface area contributed by atoms with Crippen molar-refractivity contribution in [3.8, 4) is 0 Å². The van der Waals surface area contributed by atoms with Gasteiger partial charge in [0.05, 0.1) is 12.3 Å². The van der Waals surface area contributed by atoms with Gasteiger partial charge in [0.15, 0.2) is 0 Å². The summed E-state index contributed by atoms with van der Waals surface area (Å²) in [5.41, 5.74) is 2.37. The van der Waals surface area contributed by atoms with E-state index in [4.69, 9.17) is 4.74 Å². The summed E-state index contributed by atoms with van der Waals surface area (Å²) in [5.74, 6) is 2.33. The molecule has 2 aliphatic rings. The molecule has 0 N–H and O–H groups in total. The Morgan fingerprint density at radius 3 is 2.50 bits per heavy atom. The predicted molar refractivity (Wildman–Crippen MR) is 93.6 cm³/mol. The van der Waals surface area contributed by atoms with Gasteiger partial charge >= 0.3 is 0 Å². The summed E-state index contributed by atoms with van der Waals surface area (Å²) in [7, 11) is 0. The molecule has 6 nitrogen and oxygen atoms in total. The Morgan fingerprint density at radius 2 is 1.79 bits per heavy atom. The number of hydrogen-bond donors (Lipinski definition) is 0. The summed E-state index contributed by atoms with van der Waals surface area (Å²) >= 11 is 0. The molecule has 0 radical (unpaired) electrons. The standard InChI is InChI=1S/C18H23N5O/c1-14-20-17(15-4-11-24-13-15)12-18(21-14)23-9-7-22(8-10-23)16-2-5-19-6-3-16/h2-3,5-6,12,15H,4,7-11,13H2,1H3. The molecule has 6 heteroatoms. The molecule has 0 aliphatic carbocycles. The van der Waals surface area contributed by atoms with Crippen LogP contribution in [-0.2, 0) is 4.74 Å². The van der Waals surface area contributed by atoms with Crippen LogP contribution in [0.1, 0.15) is 23.9 Å². The van der Waals surface area contributed by atoms with Crippen LogP contribution < -0.4 is 9.80 Å². The monoisotopic (exact) mass is 325 g/mol. The third-order valence-corrected chi connectivity index (χ3v) is 4.82. The van der Waals surface area contributed by atoms with Crippen LogP contribution in [0, 0.1) is 6.92 Å². The van der Waals surface area contributed by atoms with Crippen molar-refractivity contribution >= 4 is 11.5 Å². The van der Waals surface area contributed by atoms with E-state index >= 15 is 0 Å². The second-order valence-electron chi connectivity index (χ2n) is 6.44. The highest BCUT2D eigenvalue weighted by molar-refractivity contribution is 5.48. The molecule has 0 spiro atoms. The smallest absolute Gasteiger partial charge is 0.132 e. The van der Waals surface area contributed by atoms with Crippen molar-refractivity contribution in [1.82, 2.24) is 15.0 Å². The summed E-state index contributed by atoms with van der Waals surface area (Å²) in [6, 6.07) is 6.31. The van der Waals surface area contributed by atoms with Crippen LogP contribution in [0.4, 0.5) is 11.5 Å². The fourth-order valence-corrected chi connectivity index (χ4v) is 3.46. The fraction of sp³-hybridized carbons (Fsp3) is 0.500. The SMILES string of the molecule is Cc1nc(C2CCOC2)cc(N2CCN(c3ccncc3)CC2)n1. The molecule has 4 heterocycles. The predicted octanol–water partition coefficient (Wildman–Crippen LogP) is 2.01. The molecule has 4 rings (SSSR count). The Morgan fingerprint density at radius 1 is 1.04 bits per heavy atom. The molecule has 24 heavy (non-hydrogen) atoms. The molecule has 0 saturated carbocycles. The minimum Gasteiger partial charge on any atom is -0.381 e. The fourth-order valence-electron chi connectivity index (χ4n) is 3.46. The molecule has 2 aromatic rings. The second kappa shape index (κ2) is 6.73. The highest BCUT2D eigenvalue weighted by Crippen LogP contribution is 2.27. The van der Waals surface area contributed by atoms with Crippen molar-refractivity contribution in [1.29, 1.82) is 0 Å². The van der Waals surface area contributed by atoms with E-state index in [0.29, 0.717) is 5.92 Å². The molecular weight excluding hydrogens is 302 g/mol. The molecule has 2 aliphatic heterocycles. The second-order valence-corrected chi connectivity index (χ2v) is 6.44. The van der Waals surface area contributed by atoms with Crippen LogP contribution in [0.3, 0.4) is 0 Å². The minimum absolute atomic E-state index is 0.420. The van der Waals surface area contributed by atoms with Gasteiger partial charge in [-0.15, -0.1) is 0 Å². The Kier molecular flexibility index (Phi) is 4.30. The zero-order valence-corrected chi connectivity index (χ0v) is 14.1. The topological polar surface area (TPSA) is 54.4 Å². The van der Waals surface area contributed by atoms with Crippen molar-refractivity contribution in [2.45, 2.75) is 19.3 Å². The molecule has 2 saturated heterocycles. The summed E-state index contributed by atoms with van der Waals surface area (Å²) < 4.78 is 5.51. The van der Waals surface area contributed by atoms with Crippen LogP contribution >= 0.6 is 0 Å². The number of pyridine rings is 1. The highest BCUT2D eigenvalue weighted by atomic mass is 16.5. The van der Waals surface area contributed by atoms with Crippen LogP contribution in [-0.4, -0.2) is 54.3 Å². The largest absolute Gasteiger partial charge is 0.381 e. The van der Waals surface area contributed by atoms with Gasteiger partial charge in [0.1, 0.15) is 11.6 Å². The lowest BCUT2D eigenvalue weighted by Gasteiger charge is -2.36. The number of anilines is 2.